The van der Waals surface area contributed by atoms with Gasteiger partial charge in [0, 0.05) is 23.8 Å². The molecule has 1 N–H and O–H groups in total. The third kappa shape index (κ3) is 5.43. The average Bonchev–Trinajstić information content (AvgIpc) is 2.70. The van der Waals surface area contributed by atoms with E-state index in [1.165, 1.54) is 4.90 Å². The summed E-state index contributed by atoms with van der Waals surface area (Å²) in [7, 11) is 0. The van der Waals surface area contributed by atoms with Crippen molar-refractivity contribution in [2.24, 2.45) is 0 Å². The summed E-state index contributed by atoms with van der Waals surface area (Å²) < 4.78 is 0. The lowest BCUT2D eigenvalue weighted by Gasteiger charge is -2.22. The molecule has 0 unspecified atom stereocenters. The number of carbonyl (C=O) groups is 2. The van der Waals surface area contributed by atoms with Crippen molar-refractivity contribution < 1.29 is 9.59 Å². The van der Waals surface area contributed by atoms with Crippen LogP contribution in [0.15, 0.2) is 84.9 Å². The number of nitrogens with one attached hydrogen (secondary N) is 1. The summed E-state index contributed by atoms with van der Waals surface area (Å²) in [5, 5.41) is 3.20. The minimum Gasteiger partial charge on any atom is -0.326 e. The number of nitrogens with zero attached hydrogens (tertiary/aromatic N) is 1. The molecule has 0 fully saturated rings. The molecule has 0 heterocycles. The first-order valence-corrected chi connectivity index (χ1v) is 8.93. The second-order valence-corrected chi connectivity index (χ2v) is 6.53. The third-order valence-corrected chi connectivity index (χ3v) is 4.27. The Morgan fingerprint density at radius 2 is 1.22 bits per heavy atom. The summed E-state index contributed by atoms with van der Waals surface area (Å²) in [6.45, 7) is 0.700. The molecule has 4 nitrogen and oxygen atoms in total. The van der Waals surface area contributed by atoms with Gasteiger partial charge in [0.2, 0.25) is 0 Å². The molecule has 0 aliphatic heterocycles. The van der Waals surface area contributed by atoms with Gasteiger partial charge in [0.25, 0.3) is 0 Å². The van der Waals surface area contributed by atoms with Gasteiger partial charge >= 0.3 is 11.8 Å². The summed E-state index contributed by atoms with van der Waals surface area (Å²) >= 11 is 5.85. The van der Waals surface area contributed by atoms with Crippen molar-refractivity contribution in [1.82, 2.24) is 4.90 Å². The maximum atomic E-state index is 12.8. The number of amides is 2. The lowest BCUT2D eigenvalue weighted by Crippen LogP contribution is -2.38. The van der Waals surface area contributed by atoms with Crippen LogP contribution in [-0.4, -0.2) is 16.7 Å². The first-order chi connectivity index (χ1) is 13.1. The second-order valence-electron chi connectivity index (χ2n) is 6.09. The van der Waals surface area contributed by atoms with Crippen molar-refractivity contribution in [2.45, 2.75) is 13.1 Å². The van der Waals surface area contributed by atoms with Gasteiger partial charge in [0.1, 0.15) is 0 Å². The molecule has 0 atom stereocenters. The number of hydrogen-bond donors (Lipinski definition) is 1. The predicted molar refractivity (Wildman–Crippen MR) is 107 cm³/mol. The number of anilines is 1. The van der Waals surface area contributed by atoms with Crippen molar-refractivity contribution in [3.63, 3.8) is 0 Å². The van der Waals surface area contributed by atoms with E-state index in [4.69, 9.17) is 11.6 Å². The minimum absolute atomic E-state index is 0.350. The highest BCUT2D eigenvalue weighted by Gasteiger charge is 2.22. The normalized spacial score (nSPS) is 10.3. The van der Waals surface area contributed by atoms with Gasteiger partial charge in [-0.2, -0.15) is 0 Å². The molecule has 136 valence electrons. The van der Waals surface area contributed by atoms with E-state index in [0.717, 1.165) is 11.1 Å². The quantitative estimate of drug-likeness (QED) is 0.664. The second kappa shape index (κ2) is 9.01. The molecule has 0 aromatic heterocycles. The first-order valence-electron chi connectivity index (χ1n) is 8.55. The Hall–Kier alpha value is -3.11. The van der Waals surface area contributed by atoms with E-state index in [1.807, 2.05) is 60.7 Å². The van der Waals surface area contributed by atoms with Crippen LogP contribution in [0.2, 0.25) is 5.02 Å². The summed E-state index contributed by atoms with van der Waals surface area (Å²) in [4.78, 5) is 26.8. The number of carbonyl (C=O) groups excluding carboxylic acids is 2. The van der Waals surface area contributed by atoms with Gasteiger partial charge in [-0.1, -0.05) is 72.3 Å². The van der Waals surface area contributed by atoms with Crippen LogP contribution >= 0.6 is 11.6 Å². The van der Waals surface area contributed by atoms with Crippen LogP contribution < -0.4 is 5.32 Å². The van der Waals surface area contributed by atoms with Gasteiger partial charge in [-0.25, -0.2) is 0 Å². The van der Waals surface area contributed by atoms with Crippen LogP contribution in [0.25, 0.3) is 0 Å². The SMILES string of the molecule is O=C(Nc1ccc(Cl)cc1)C(=O)N(Cc1ccccc1)Cc1ccccc1. The Morgan fingerprint density at radius 3 is 1.70 bits per heavy atom. The summed E-state index contributed by atoms with van der Waals surface area (Å²) in [6.07, 6.45) is 0. The minimum atomic E-state index is -0.677. The largest absolute Gasteiger partial charge is 0.326 e. The molecule has 0 aliphatic carbocycles. The van der Waals surface area contributed by atoms with Gasteiger partial charge in [0.15, 0.2) is 0 Å². The van der Waals surface area contributed by atoms with Gasteiger partial charge in [-0.05, 0) is 35.4 Å². The molecule has 2 amide bonds. The molecule has 5 heteroatoms. The van der Waals surface area contributed by atoms with Gasteiger partial charge in [0.05, 0.1) is 0 Å². The maximum absolute atomic E-state index is 12.8. The Balaban J connectivity index is 1.76. The van der Waals surface area contributed by atoms with Crippen LogP contribution in [0.5, 0.6) is 0 Å². The lowest BCUT2D eigenvalue weighted by molar-refractivity contribution is -0.144. The fourth-order valence-corrected chi connectivity index (χ4v) is 2.79. The molecule has 0 aliphatic rings. The molecule has 3 aromatic rings. The average molecular weight is 379 g/mol. The smallest absolute Gasteiger partial charge is 0.313 e. The van der Waals surface area contributed by atoms with Crippen LogP contribution in [0.4, 0.5) is 5.69 Å². The van der Waals surface area contributed by atoms with E-state index in [1.54, 1.807) is 24.3 Å². The van der Waals surface area contributed by atoms with Crippen molar-refractivity contribution >= 4 is 29.1 Å². The Kier molecular flexibility index (Phi) is 6.23. The summed E-state index contributed by atoms with van der Waals surface area (Å²) in [5.41, 5.74) is 2.44. The van der Waals surface area contributed by atoms with Crippen molar-refractivity contribution in [3.8, 4) is 0 Å². The van der Waals surface area contributed by atoms with Crippen molar-refractivity contribution in [3.05, 3.63) is 101 Å². The van der Waals surface area contributed by atoms with E-state index in [0.29, 0.717) is 23.8 Å². The van der Waals surface area contributed by atoms with Gasteiger partial charge < -0.3 is 10.2 Å². The zero-order chi connectivity index (χ0) is 19.1. The highest BCUT2D eigenvalue weighted by atomic mass is 35.5. The zero-order valence-corrected chi connectivity index (χ0v) is 15.4. The Labute approximate surface area is 163 Å². The number of halogens is 1. The molecule has 0 radical (unpaired) electrons. The van der Waals surface area contributed by atoms with Crippen molar-refractivity contribution in [1.29, 1.82) is 0 Å². The molecular weight excluding hydrogens is 360 g/mol. The highest BCUT2D eigenvalue weighted by molar-refractivity contribution is 6.39. The fourth-order valence-electron chi connectivity index (χ4n) is 2.67. The van der Waals surface area contributed by atoms with Crippen LogP contribution in [0.1, 0.15) is 11.1 Å². The van der Waals surface area contributed by atoms with Crippen molar-refractivity contribution in [2.75, 3.05) is 5.32 Å². The third-order valence-electron chi connectivity index (χ3n) is 4.02. The number of hydrogen-bond acceptors (Lipinski definition) is 2. The first kappa shape index (κ1) is 18.7. The zero-order valence-electron chi connectivity index (χ0n) is 14.6. The number of benzene rings is 3. The molecule has 3 rings (SSSR count). The van der Waals surface area contributed by atoms with Gasteiger partial charge in [-0.15, -0.1) is 0 Å². The maximum Gasteiger partial charge on any atom is 0.313 e. The van der Waals surface area contributed by atoms with E-state index < -0.39 is 11.8 Å². The molecule has 3 aromatic carbocycles. The number of rotatable bonds is 5. The Bertz CT molecular complexity index is 855. The molecule has 0 bridgehead atoms. The monoisotopic (exact) mass is 378 g/mol. The topological polar surface area (TPSA) is 49.4 Å². The van der Waals surface area contributed by atoms with Crippen LogP contribution in [0.3, 0.4) is 0 Å². The summed E-state index contributed by atoms with van der Waals surface area (Å²) in [6, 6.07) is 25.8. The lowest BCUT2D eigenvalue weighted by atomic mass is 10.1. The highest BCUT2D eigenvalue weighted by Crippen LogP contribution is 2.15. The van der Waals surface area contributed by atoms with Crippen LogP contribution in [-0.2, 0) is 22.7 Å². The molecule has 0 saturated carbocycles. The predicted octanol–water partition coefficient (Wildman–Crippen LogP) is 4.51. The Morgan fingerprint density at radius 1 is 0.741 bits per heavy atom. The molecule has 0 saturated heterocycles. The van der Waals surface area contributed by atoms with E-state index in [-0.39, 0.29) is 0 Å². The summed E-state index contributed by atoms with van der Waals surface area (Å²) in [5.74, 6) is -1.26. The van der Waals surface area contributed by atoms with Gasteiger partial charge in [-0.3, -0.25) is 9.59 Å². The fraction of sp³-hybridized carbons (Fsp3) is 0.0909. The van der Waals surface area contributed by atoms with E-state index >= 15 is 0 Å². The standard InChI is InChI=1S/C22H19ClN2O2/c23-19-11-13-20(14-12-19)24-21(26)22(27)25(15-17-7-3-1-4-8-17)16-18-9-5-2-6-10-18/h1-14H,15-16H2,(H,24,26). The molecule has 27 heavy (non-hydrogen) atoms. The van der Waals surface area contributed by atoms with E-state index in [9.17, 15) is 9.59 Å². The van der Waals surface area contributed by atoms with E-state index in [2.05, 4.69) is 5.32 Å². The molecular formula is C22H19ClN2O2. The van der Waals surface area contributed by atoms with Crippen LogP contribution in [0, 0.1) is 0 Å². The molecule has 0 spiro atoms.